The number of carbonyl (C=O) groups excluding carboxylic acids is 1. The summed E-state index contributed by atoms with van der Waals surface area (Å²) in [6.07, 6.45) is 2.88. The maximum atomic E-state index is 12.6. The molecule has 2 aliphatic rings. The van der Waals surface area contributed by atoms with Gasteiger partial charge in [0.15, 0.2) is 0 Å². The molecule has 1 N–H and O–H groups in total. The van der Waals surface area contributed by atoms with Crippen molar-refractivity contribution in [2.45, 2.75) is 44.4 Å². The molecule has 0 bridgehead atoms. The highest BCUT2D eigenvalue weighted by Crippen LogP contribution is 2.31. The predicted molar refractivity (Wildman–Crippen MR) is 77.1 cm³/mol. The molecular formula is C16H22N2O2. The Morgan fingerprint density at radius 2 is 2.15 bits per heavy atom. The van der Waals surface area contributed by atoms with Gasteiger partial charge in [-0.3, -0.25) is 10.1 Å². The SMILES string of the molecule is CCC1NC(c2ccccc2)N(C2CCCOC2)C1=O. The second kappa shape index (κ2) is 5.94. The van der Waals surface area contributed by atoms with Crippen LogP contribution in [0.5, 0.6) is 0 Å². The zero-order valence-corrected chi connectivity index (χ0v) is 11.9. The molecule has 2 aliphatic heterocycles. The first-order valence-corrected chi connectivity index (χ1v) is 7.52. The summed E-state index contributed by atoms with van der Waals surface area (Å²) in [7, 11) is 0. The van der Waals surface area contributed by atoms with Gasteiger partial charge in [0, 0.05) is 6.61 Å². The predicted octanol–water partition coefficient (Wildman–Crippen LogP) is 2.07. The molecule has 3 atom stereocenters. The van der Waals surface area contributed by atoms with E-state index in [1.54, 1.807) is 0 Å². The Hall–Kier alpha value is -1.39. The Labute approximate surface area is 120 Å². The van der Waals surface area contributed by atoms with Gasteiger partial charge in [0.1, 0.15) is 6.17 Å². The molecule has 0 spiro atoms. The Kier molecular flexibility index (Phi) is 4.03. The van der Waals surface area contributed by atoms with Crippen LogP contribution in [0.15, 0.2) is 30.3 Å². The van der Waals surface area contributed by atoms with E-state index in [9.17, 15) is 4.79 Å². The first kappa shape index (κ1) is 13.6. The van der Waals surface area contributed by atoms with Crippen molar-refractivity contribution in [3.63, 3.8) is 0 Å². The van der Waals surface area contributed by atoms with Crippen LogP contribution in [0.3, 0.4) is 0 Å². The first-order chi connectivity index (χ1) is 9.81. The van der Waals surface area contributed by atoms with Crippen molar-refractivity contribution in [2.24, 2.45) is 0 Å². The van der Waals surface area contributed by atoms with E-state index in [-0.39, 0.29) is 24.2 Å². The molecule has 2 fully saturated rings. The summed E-state index contributed by atoms with van der Waals surface area (Å²) in [5.41, 5.74) is 1.15. The van der Waals surface area contributed by atoms with Crippen LogP contribution in [-0.2, 0) is 9.53 Å². The summed E-state index contributed by atoms with van der Waals surface area (Å²) in [6, 6.07) is 10.4. The molecule has 3 rings (SSSR count). The van der Waals surface area contributed by atoms with Gasteiger partial charge in [0.25, 0.3) is 0 Å². The minimum absolute atomic E-state index is 0.0136. The third-order valence-electron chi connectivity index (χ3n) is 4.24. The summed E-state index contributed by atoms with van der Waals surface area (Å²) in [6.45, 7) is 3.53. The maximum Gasteiger partial charge on any atom is 0.241 e. The third-order valence-corrected chi connectivity index (χ3v) is 4.24. The minimum Gasteiger partial charge on any atom is -0.379 e. The molecule has 0 aliphatic carbocycles. The monoisotopic (exact) mass is 274 g/mol. The van der Waals surface area contributed by atoms with Gasteiger partial charge >= 0.3 is 0 Å². The van der Waals surface area contributed by atoms with Crippen LogP contribution in [-0.4, -0.2) is 36.1 Å². The molecule has 2 heterocycles. The van der Waals surface area contributed by atoms with Crippen LogP contribution in [0, 0.1) is 0 Å². The maximum absolute atomic E-state index is 12.6. The molecule has 3 unspecified atom stereocenters. The molecule has 1 aromatic carbocycles. The van der Waals surface area contributed by atoms with E-state index in [0.29, 0.717) is 6.61 Å². The van der Waals surface area contributed by atoms with Gasteiger partial charge < -0.3 is 9.64 Å². The van der Waals surface area contributed by atoms with Crippen LogP contribution >= 0.6 is 0 Å². The van der Waals surface area contributed by atoms with Crippen LogP contribution < -0.4 is 5.32 Å². The van der Waals surface area contributed by atoms with E-state index in [1.165, 1.54) is 0 Å². The Balaban J connectivity index is 1.87. The quantitative estimate of drug-likeness (QED) is 0.917. The van der Waals surface area contributed by atoms with Crippen LogP contribution in [0.2, 0.25) is 0 Å². The molecule has 0 radical (unpaired) electrons. The smallest absolute Gasteiger partial charge is 0.241 e. The molecule has 0 saturated carbocycles. The molecule has 4 heteroatoms. The lowest BCUT2D eigenvalue weighted by Crippen LogP contribution is -2.44. The fraction of sp³-hybridized carbons (Fsp3) is 0.562. The largest absolute Gasteiger partial charge is 0.379 e. The first-order valence-electron chi connectivity index (χ1n) is 7.52. The van der Waals surface area contributed by atoms with Gasteiger partial charge in [0.05, 0.1) is 18.7 Å². The topological polar surface area (TPSA) is 41.6 Å². The highest BCUT2D eigenvalue weighted by atomic mass is 16.5. The number of benzene rings is 1. The number of hydrogen-bond donors (Lipinski definition) is 1. The summed E-state index contributed by atoms with van der Waals surface area (Å²) in [5, 5.41) is 3.47. The van der Waals surface area contributed by atoms with Crippen molar-refractivity contribution in [1.29, 1.82) is 0 Å². The zero-order valence-electron chi connectivity index (χ0n) is 11.9. The van der Waals surface area contributed by atoms with Crippen molar-refractivity contribution < 1.29 is 9.53 Å². The van der Waals surface area contributed by atoms with E-state index >= 15 is 0 Å². The van der Waals surface area contributed by atoms with Gasteiger partial charge in [-0.05, 0) is 24.8 Å². The standard InChI is InChI=1S/C16H22N2O2/c1-2-14-16(19)18(13-9-6-10-20-11-13)15(17-14)12-7-4-3-5-8-12/h3-5,7-8,13-15,17H,2,6,9-11H2,1H3. The number of rotatable bonds is 3. The van der Waals surface area contributed by atoms with E-state index in [4.69, 9.17) is 4.74 Å². The molecule has 0 aromatic heterocycles. The Morgan fingerprint density at radius 1 is 1.35 bits per heavy atom. The third kappa shape index (κ3) is 2.45. The molecule has 1 aromatic rings. The van der Waals surface area contributed by atoms with Crippen LogP contribution in [0.25, 0.3) is 0 Å². The van der Waals surface area contributed by atoms with Gasteiger partial charge in [-0.25, -0.2) is 0 Å². The number of carbonyl (C=O) groups is 1. The van der Waals surface area contributed by atoms with E-state index < -0.39 is 0 Å². The highest BCUT2D eigenvalue weighted by Gasteiger charge is 2.42. The zero-order chi connectivity index (χ0) is 13.9. The van der Waals surface area contributed by atoms with Crippen LogP contribution in [0.1, 0.15) is 37.9 Å². The summed E-state index contributed by atoms with van der Waals surface area (Å²) in [4.78, 5) is 14.6. The lowest BCUT2D eigenvalue weighted by atomic mass is 10.1. The second-order valence-electron chi connectivity index (χ2n) is 5.56. The number of nitrogens with one attached hydrogen (secondary N) is 1. The fourth-order valence-corrected chi connectivity index (χ4v) is 3.17. The molecule has 108 valence electrons. The number of nitrogens with zero attached hydrogens (tertiary/aromatic N) is 1. The highest BCUT2D eigenvalue weighted by molar-refractivity contribution is 5.84. The van der Waals surface area contributed by atoms with E-state index in [0.717, 1.165) is 31.4 Å². The number of amides is 1. The van der Waals surface area contributed by atoms with Crippen LogP contribution in [0.4, 0.5) is 0 Å². The molecule has 20 heavy (non-hydrogen) atoms. The summed E-state index contributed by atoms with van der Waals surface area (Å²) < 4.78 is 5.57. The fourth-order valence-electron chi connectivity index (χ4n) is 3.17. The number of ether oxygens (including phenoxy) is 1. The van der Waals surface area contributed by atoms with E-state index in [1.807, 2.05) is 23.1 Å². The van der Waals surface area contributed by atoms with Gasteiger partial charge in [-0.2, -0.15) is 0 Å². The Bertz CT molecular complexity index is 457. The summed E-state index contributed by atoms with van der Waals surface area (Å²) in [5.74, 6) is 0.219. The summed E-state index contributed by atoms with van der Waals surface area (Å²) >= 11 is 0. The second-order valence-corrected chi connectivity index (χ2v) is 5.56. The minimum atomic E-state index is -0.0675. The van der Waals surface area contributed by atoms with Gasteiger partial charge in [-0.1, -0.05) is 37.3 Å². The normalized spacial score (nSPS) is 30.8. The van der Waals surface area contributed by atoms with Crippen molar-refractivity contribution >= 4 is 5.91 Å². The average molecular weight is 274 g/mol. The lowest BCUT2D eigenvalue weighted by Gasteiger charge is -2.35. The Morgan fingerprint density at radius 3 is 2.80 bits per heavy atom. The molecule has 1 amide bonds. The molecule has 4 nitrogen and oxygen atoms in total. The van der Waals surface area contributed by atoms with E-state index in [2.05, 4.69) is 24.4 Å². The van der Waals surface area contributed by atoms with Gasteiger partial charge in [-0.15, -0.1) is 0 Å². The van der Waals surface area contributed by atoms with Gasteiger partial charge in [0.2, 0.25) is 5.91 Å². The average Bonchev–Trinajstić information content (AvgIpc) is 2.86. The van der Waals surface area contributed by atoms with Crippen molar-refractivity contribution in [3.05, 3.63) is 35.9 Å². The van der Waals surface area contributed by atoms with Crippen molar-refractivity contribution in [1.82, 2.24) is 10.2 Å². The molecular weight excluding hydrogens is 252 g/mol. The van der Waals surface area contributed by atoms with Crippen molar-refractivity contribution in [2.75, 3.05) is 13.2 Å². The molecule has 2 saturated heterocycles. The lowest BCUT2D eigenvalue weighted by molar-refractivity contribution is -0.135. The number of hydrogen-bond acceptors (Lipinski definition) is 3. The van der Waals surface area contributed by atoms with Crippen molar-refractivity contribution in [3.8, 4) is 0 Å².